The van der Waals surface area contributed by atoms with Crippen LogP contribution >= 0.6 is 23.2 Å². The highest BCUT2D eigenvalue weighted by Gasteiger charge is 2.42. The number of carbonyl (C=O) groups excluding carboxylic acids is 1. The van der Waals surface area contributed by atoms with E-state index in [2.05, 4.69) is 0 Å². The van der Waals surface area contributed by atoms with E-state index in [9.17, 15) is 9.59 Å². The van der Waals surface area contributed by atoms with Gasteiger partial charge >= 0.3 is 0 Å². The van der Waals surface area contributed by atoms with Crippen molar-refractivity contribution >= 4 is 40.1 Å². The van der Waals surface area contributed by atoms with Crippen LogP contribution < -0.4 is 5.43 Å². The number of halogens is 2. The lowest BCUT2D eigenvalue weighted by atomic mass is 9.98. The number of fused-ring (bicyclic) bond motifs is 2. The SMILES string of the molecule is Cc1cc2oc3c(c(=O)c2cc1Cl)C(c1cccc(Cl)c1)N(CCCOC(C)C)C3=O. The topological polar surface area (TPSA) is 59.8 Å². The van der Waals surface area contributed by atoms with Gasteiger partial charge in [-0.3, -0.25) is 9.59 Å². The molecule has 1 atom stereocenters. The normalized spacial score (nSPS) is 15.9. The molecule has 31 heavy (non-hydrogen) atoms. The van der Waals surface area contributed by atoms with E-state index in [0.717, 1.165) is 11.1 Å². The average Bonchev–Trinajstić information content (AvgIpc) is 2.99. The summed E-state index contributed by atoms with van der Waals surface area (Å²) in [5, 5.41) is 1.37. The van der Waals surface area contributed by atoms with Crippen molar-refractivity contribution in [3.05, 3.63) is 79.1 Å². The van der Waals surface area contributed by atoms with Crippen molar-refractivity contribution < 1.29 is 13.9 Å². The van der Waals surface area contributed by atoms with Crippen LogP contribution in [0.25, 0.3) is 11.0 Å². The van der Waals surface area contributed by atoms with Crippen molar-refractivity contribution in [1.29, 1.82) is 0 Å². The van der Waals surface area contributed by atoms with Gasteiger partial charge in [0.1, 0.15) is 5.58 Å². The van der Waals surface area contributed by atoms with Gasteiger partial charge in [-0.2, -0.15) is 0 Å². The molecule has 0 N–H and O–H groups in total. The Labute approximate surface area is 190 Å². The van der Waals surface area contributed by atoms with Crippen molar-refractivity contribution in [1.82, 2.24) is 4.90 Å². The highest BCUT2D eigenvalue weighted by molar-refractivity contribution is 6.32. The Morgan fingerprint density at radius 1 is 1.16 bits per heavy atom. The first kappa shape index (κ1) is 21.9. The Hall–Kier alpha value is -2.34. The Kier molecular flexibility index (Phi) is 6.11. The van der Waals surface area contributed by atoms with E-state index in [0.29, 0.717) is 46.2 Å². The molecular formula is C24H23Cl2NO4. The molecule has 0 radical (unpaired) electrons. The van der Waals surface area contributed by atoms with Gasteiger partial charge in [0.25, 0.3) is 5.91 Å². The standard InChI is InChI=1S/C24H23Cl2NO4/c1-13(2)30-9-5-8-27-21(15-6-4-7-16(25)11-15)20-22(28)17-12-18(26)14(3)10-19(17)31-23(20)24(27)29/h4,6-7,10-13,21H,5,8-9H2,1-3H3. The van der Waals surface area contributed by atoms with E-state index in [4.69, 9.17) is 32.4 Å². The van der Waals surface area contributed by atoms with Crippen molar-refractivity contribution in [2.45, 2.75) is 39.3 Å². The number of ether oxygens (including phenoxy) is 1. The van der Waals surface area contributed by atoms with Gasteiger partial charge in [0.15, 0.2) is 5.43 Å². The predicted octanol–water partition coefficient (Wildman–Crippen LogP) is 5.77. The summed E-state index contributed by atoms with van der Waals surface area (Å²) in [7, 11) is 0. The molecule has 5 nitrogen and oxygen atoms in total. The maximum Gasteiger partial charge on any atom is 0.290 e. The molecule has 0 saturated carbocycles. The Morgan fingerprint density at radius 3 is 2.65 bits per heavy atom. The molecule has 4 rings (SSSR count). The molecule has 1 unspecified atom stereocenters. The third-order valence-electron chi connectivity index (χ3n) is 5.41. The number of hydrogen-bond donors (Lipinski definition) is 0. The molecule has 162 valence electrons. The smallest absolute Gasteiger partial charge is 0.290 e. The second-order valence-corrected chi connectivity index (χ2v) is 8.84. The zero-order valence-corrected chi connectivity index (χ0v) is 19.1. The van der Waals surface area contributed by atoms with E-state index in [1.165, 1.54) is 0 Å². The molecule has 0 aliphatic carbocycles. The number of nitrogens with zero attached hydrogens (tertiary/aromatic N) is 1. The van der Waals surface area contributed by atoms with Gasteiger partial charge in [-0.25, -0.2) is 0 Å². The number of rotatable bonds is 6. The van der Waals surface area contributed by atoms with Gasteiger partial charge in [-0.15, -0.1) is 0 Å². The quantitative estimate of drug-likeness (QED) is 0.439. The van der Waals surface area contributed by atoms with Crippen LogP contribution in [0.5, 0.6) is 0 Å². The minimum absolute atomic E-state index is 0.0778. The second-order valence-electron chi connectivity index (χ2n) is 8.00. The molecule has 0 saturated heterocycles. The molecule has 1 aliphatic heterocycles. The number of hydrogen-bond acceptors (Lipinski definition) is 4. The predicted molar refractivity (Wildman–Crippen MR) is 122 cm³/mol. The fourth-order valence-corrected chi connectivity index (χ4v) is 4.31. The monoisotopic (exact) mass is 459 g/mol. The summed E-state index contributed by atoms with van der Waals surface area (Å²) in [5.74, 6) is -0.231. The third kappa shape index (κ3) is 4.10. The van der Waals surface area contributed by atoms with Gasteiger partial charge in [-0.1, -0.05) is 35.3 Å². The molecule has 1 amide bonds. The van der Waals surface area contributed by atoms with Crippen LogP contribution in [0.3, 0.4) is 0 Å². The van der Waals surface area contributed by atoms with Gasteiger partial charge in [0.05, 0.1) is 23.1 Å². The average molecular weight is 460 g/mol. The summed E-state index contributed by atoms with van der Waals surface area (Å²) in [6.45, 7) is 6.69. The molecule has 7 heteroatoms. The van der Waals surface area contributed by atoms with Crippen LogP contribution in [0.15, 0.2) is 45.6 Å². The first-order chi connectivity index (χ1) is 14.8. The van der Waals surface area contributed by atoms with Crippen molar-refractivity contribution in [3.63, 3.8) is 0 Å². The summed E-state index contributed by atoms with van der Waals surface area (Å²) in [6.07, 6.45) is 0.741. The summed E-state index contributed by atoms with van der Waals surface area (Å²) < 4.78 is 11.6. The maximum absolute atomic E-state index is 13.5. The highest BCUT2D eigenvalue weighted by Crippen LogP contribution is 2.39. The summed E-state index contributed by atoms with van der Waals surface area (Å²) in [4.78, 5) is 28.5. The van der Waals surface area contributed by atoms with Gasteiger partial charge in [0.2, 0.25) is 5.76 Å². The van der Waals surface area contributed by atoms with E-state index in [1.54, 1.807) is 29.2 Å². The minimum atomic E-state index is -0.582. The van der Waals surface area contributed by atoms with Gasteiger partial charge in [-0.05, 0) is 62.6 Å². The molecule has 2 aromatic carbocycles. The molecular weight excluding hydrogens is 437 g/mol. The van der Waals surface area contributed by atoms with E-state index in [-0.39, 0.29) is 23.2 Å². The third-order valence-corrected chi connectivity index (χ3v) is 6.05. The Balaban J connectivity index is 1.85. The van der Waals surface area contributed by atoms with E-state index in [1.807, 2.05) is 32.9 Å². The van der Waals surface area contributed by atoms with Gasteiger partial charge in [0, 0.05) is 23.2 Å². The van der Waals surface area contributed by atoms with Crippen molar-refractivity contribution in [2.75, 3.05) is 13.2 Å². The Bertz CT molecular complexity index is 1220. The molecule has 1 aliphatic rings. The molecule has 3 aromatic rings. The fourth-order valence-electron chi connectivity index (χ4n) is 3.95. The highest BCUT2D eigenvalue weighted by atomic mass is 35.5. The number of carbonyl (C=O) groups is 1. The number of amides is 1. The largest absolute Gasteiger partial charge is 0.450 e. The zero-order chi connectivity index (χ0) is 22.3. The number of aryl methyl sites for hydroxylation is 1. The molecule has 1 aromatic heterocycles. The van der Waals surface area contributed by atoms with Crippen LogP contribution in [0.4, 0.5) is 0 Å². The lowest BCUT2D eigenvalue weighted by Gasteiger charge is -2.25. The van der Waals surface area contributed by atoms with Crippen LogP contribution in [0.2, 0.25) is 10.0 Å². The lowest BCUT2D eigenvalue weighted by molar-refractivity contribution is 0.0593. The molecule has 2 heterocycles. The van der Waals surface area contributed by atoms with Crippen LogP contribution in [0.1, 0.15) is 53.6 Å². The Morgan fingerprint density at radius 2 is 1.94 bits per heavy atom. The minimum Gasteiger partial charge on any atom is -0.450 e. The van der Waals surface area contributed by atoms with Crippen LogP contribution in [-0.2, 0) is 4.74 Å². The zero-order valence-electron chi connectivity index (χ0n) is 17.6. The maximum atomic E-state index is 13.5. The molecule has 0 bridgehead atoms. The number of benzene rings is 2. The van der Waals surface area contributed by atoms with E-state index >= 15 is 0 Å². The van der Waals surface area contributed by atoms with Gasteiger partial charge < -0.3 is 14.1 Å². The fraction of sp³-hybridized carbons (Fsp3) is 0.333. The molecule has 0 spiro atoms. The van der Waals surface area contributed by atoms with Crippen molar-refractivity contribution in [3.8, 4) is 0 Å². The lowest BCUT2D eigenvalue weighted by Crippen LogP contribution is -2.31. The second kappa shape index (κ2) is 8.65. The first-order valence-corrected chi connectivity index (χ1v) is 11.0. The summed E-state index contributed by atoms with van der Waals surface area (Å²) in [6, 6.07) is 9.93. The summed E-state index contributed by atoms with van der Waals surface area (Å²) in [5.41, 5.74) is 1.96. The van der Waals surface area contributed by atoms with Crippen LogP contribution in [0, 0.1) is 6.92 Å². The van der Waals surface area contributed by atoms with E-state index < -0.39 is 6.04 Å². The van der Waals surface area contributed by atoms with Crippen LogP contribution in [-0.4, -0.2) is 30.1 Å². The first-order valence-electron chi connectivity index (χ1n) is 10.2. The molecule has 0 fully saturated rings. The van der Waals surface area contributed by atoms with Crippen molar-refractivity contribution in [2.24, 2.45) is 0 Å². The summed E-state index contributed by atoms with van der Waals surface area (Å²) >= 11 is 12.5.